The van der Waals surface area contributed by atoms with Crippen molar-refractivity contribution in [1.29, 1.82) is 0 Å². The molecule has 6 nitrogen and oxygen atoms in total. The quantitative estimate of drug-likeness (QED) is 0.483. The minimum Gasteiger partial charge on any atom is -0.493 e. The molecule has 0 aliphatic carbocycles. The molecule has 0 bridgehead atoms. The first-order chi connectivity index (χ1) is 15.2. The standard InChI is InChI=1S/C25H36N2O4.ClH/c1-28-22-10-8-20(16-24(22)30-3)18-27(15-14-26-12-6-5-7-13-26)19-21-9-11-23(29-2)25(17-21)31-4;/h8-11,16-17H,5-7,12-15,18-19H2,1-4H3;1H. The van der Waals surface area contributed by atoms with Crippen molar-refractivity contribution >= 4 is 12.4 Å². The van der Waals surface area contributed by atoms with Gasteiger partial charge in [0.05, 0.1) is 28.4 Å². The maximum absolute atomic E-state index is 5.51. The molecule has 0 radical (unpaired) electrons. The van der Waals surface area contributed by atoms with E-state index in [9.17, 15) is 0 Å². The van der Waals surface area contributed by atoms with Crippen LogP contribution in [0.3, 0.4) is 0 Å². The average molecular weight is 465 g/mol. The lowest BCUT2D eigenvalue weighted by molar-refractivity contribution is 0.173. The molecule has 0 amide bonds. The summed E-state index contributed by atoms with van der Waals surface area (Å²) in [5.41, 5.74) is 2.41. The topological polar surface area (TPSA) is 43.4 Å². The van der Waals surface area contributed by atoms with Gasteiger partial charge in [-0.15, -0.1) is 12.4 Å². The van der Waals surface area contributed by atoms with Crippen LogP contribution in [0.2, 0.25) is 0 Å². The molecule has 2 aromatic carbocycles. The molecular weight excluding hydrogens is 428 g/mol. The normalized spacial score (nSPS) is 14.0. The summed E-state index contributed by atoms with van der Waals surface area (Å²) in [6.45, 7) is 6.18. The first kappa shape index (κ1) is 26.1. The predicted molar refractivity (Wildman–Crippen MR) is 131 cm³/mol. The highest BCUT2D eigenvalue weighted by molar-refractivity contribution is 5.85. The van der Waals surface area contributed by atoms with Crippen LogP contribution in [0.1, 0.15) is 30.4 Å². The van der Waals surface area contributed by atoms with Gasteiger partial charge in [0.2, 0.25) is 0 Å². The van der Waals surface area contributed by atoms with E-state index in [1.54, 1.807) is 28.4 Å². The molecule has 178 valence electrons. The van der Waals surface area contributed by atoms with Crippen molar-refractivity contribution in [1.82, 2.24) is 9.80 Å². The number of benzene rings is 2. The zero-order valence-electron chi connectivity index (χ0n) is 19.8. The van der Waals surface area contributed by atoms with Crippen LogP contribution in [0.15, 0.2) is 36.4 Å². The largest absolute Gasteiger partial charge is 0.493 e. The molecular formula is C25H37ClN2O4. The van der Waals surface area contributed by atoms with Crippen LogP contribution in [-0.2, 0) is 13.1 Å². The van der Waals surface area contributed by atoms with Crippen LogP contribution in [0, 0.1) is 0 Å². The molecule has 1 aliphatic heterocycles. The van der Waals surface area contributed by atoms with E-state index in [-0.39, 0.29) is 12.4 Å². The fraction of sp³-hybridized carbons (Fsp3) is 0.520. The number of nitrogens with zero attached hydrogens (tertiary/aromatic N) is 2. The number of piperidine rings is 1. The Labute approximate surface area is 198 Å². The second-order valence-electron chi connectivity index (χ2n) is 7.99. The Morgan fingerprint density at radius 3 is 1.59 bits per heavy atom. The molecule has 32 heavy (non-hydrogen) atoms. The van der Waals surface area contributed by atoms with E-state index in [0.29, 0.717) is 0 Å². The number of rotatable bonds is 11. The maximum Gasteiger partial charge on any atom is 0.161 e. The van der Waals surface area contributed by atoms with Gasteiger partial charge in [-0.25, -0.2) is 0 Å². The number of likely N-dealkylation sites (tertiary alicyclic amines) is 1. The van der Waals surface area contributed by atoms with Crippen molar-refractivity contribution in [3.63, 3.8) is 0 Å². The van der Waals surface area contributed by atoms with Gasteiger partial charge in [-0.1, -0.05) is 18.6 Å². The molecule has 1 aliphatic rings. The highest BCUT2D eigenvalue weighted by atomic mass is 35.5. The van der Waals surface area contributed by atoms with Gasteiger partial charge in [0.15, 0.2) is 23.0 Å². The zero-order chi connectivity index (χ0) is 22.1. The molecule has 0 aromatic heterocycles. The molecule has 1 fully saturated rings. The summed E-state index contributed by atoms with van der Waals surface area (Å²) in [6.07, 6.45) is 3.98. The monoisotopic (exact) mass is 464 g/mol. The number of hydrogen-bond donors (Lipinski definition) is 0. The average Bonchev–Trinajstić information content (AvgIpc) is 2.82. The molecule has 0 spiro atoms. The Kier molecular flexibility index (Phi) is 10.9. The number of halogens is 1. The summed E-state index contributed by atoms with van der Waals surface area (Å²) < 4.78 is 21.8. The van der Waals surface area contributed by atoms with Crippen molar-refractivity contribution in [2.75, 3.05) is 54.6 Å². The van der Waals surface area contributed by atoms with Gasteiger partial charge in [0, 0.05) is 26.2 Å². The van der Waals surface area contributed by atoms with Crippen molar-refractivity contribution in [3.8, 4) is 23.0 Å². The van der Waals surface area contributed by atoms with E-state index in [1.165, 1.54) is 43.5 Å². The molecule has 1 heterocycles. The van der Waals surface area contributed by atoms with Gasteiger partial charge in [-0.05, 0) is 61.3 Å². The molecule has 7 heteroatoms. The molecule has 0 saturated carbocycles. The smallest absolute Gasteiger partial charge is 0.161 e. The van der Waals surface area contributed by atoms with Crippen LogP contribution >= 0.6 is 12.4 Å². The minimum absolute atomic E-state index is 0. The van der Waals surface area contributed by atoms with Gasteiger partial charge < -0.3 is 23.8 Å². The van der Waals surface area contributed by atoms with Crippen LogP contribution in [0.4, 0.5) is 0 Å². The van der Waals surface area contributed by atoms with Gasteiger partial charge >= 0.3 is 0 Å². The fourth-order valence-electron chi connectivity index (χ4n) is 4.15. The van der Waals surface area contributed by atoms with E-state index in [2.05, 4.69) is 34.1 Å². The van der Waals surface area contributed by atoms with Gasteiger partial charge in [0.25, 0.3) is 0 Å². The van der Waals surface area contributed by atoms with Crippen LogP contribution in [0.5, 0.6) is 23.0 Å². The van der Waals surface area contributed by atoms with Crippen molar-refractivity contribution in [3.05, 3.63) is 47.5 Å². The van der Waals surface area contributed by atoms with E-state index in [4.69, 9.17) is 18.9 Å². The third-order valence-electron chi connectivity index (χ3n) is 5.89. The first-order valence-corrected chi connectivity index (χ1v) is 11.0. The predicted octanol–water partition coefficient (Wildman–Crippen LogP) is 4.63. The Morgan fingerprint density at radius 2 is 1.16 bits per heavy atom. The number of ether oxygens (including phenoxy) is 4. The Bertz CT molecular complexity index is 770. The summed E-state index contributed by atoms with van der Waals surface area (Å²) in [4.78, 5) is 5.07. The van der Waals surface area contributed by atoms with Gasteiger partial charge in [-0.2, -0.15) is 0 Å². The molecule has 1 saturated heterocycles. The summed E-state index contributed by atoms with van der Waals surface area (Å²) in [5.74, 6) is 3.04. The Morgan fingerprint density at radius 1 is 0.688 bits per heavy atom. The summed E-state index contributed by atoms with van der Waals surface area (Å²) in [6, 6.07) is 12.3. The van der Waals surface area contributed by atoms with E-state index in [0.717, 1.165) is 49.2 Å². The Hall–Kier alpha value is -2.15. The first-order valence-electron chi connectivity index (χ1n) is 11.0. The van der Waals surface area contributed by atoms with E-state index < -0.39 is 0 Å². The van der Waals surface area contributed by atoms with Crippen LogP contribution in [-0.4, -0.2) is 64.4 Å². The lowest BCUT2D eigenvalue weighted by Gasteiger charge is -2.30. The van der Waals surface area contributed by atoms with Gasteiger partial charge in [-0.3, -0.25) is 4.90 Å². The lowest BCUT2D eigenvalue weighted by Crippen LogP contribution is -2.37. The molecule has 0 unspecified atom stereocenters. The molecule has 0 N–H and O–H groups in total. The third kappa shape index (κ3) is 7.19. The highest BCUT2D eigenvalue weighted by Crippen LogP contribution is 2.30. The molecule has 2 aromatic rings. The molecule has 3 rings (SSSR count). The summed E-state index contributed by atoms with van der Waals surface area (Å²) in [5, 5.41) is 0. The third-order valence-corrected chi connectivity index (χ3v) is 5.89. The van der Waals surface area contributed by atoms with Crippen molar-refractivity contribution in [2.45, 2.75) is 32.4 Å². The number of methoxy groups -OCH3 is 4. The van der Waals surface area contributed by atoms with E-state index >= 15 is 0 Å². The molecule has 0 atom stereocenters. The fourth-order valence-corrected chi connectivity index (χ4v) is 4.15. The van der Waals surface area contributed by atoms with Crippen molar-refractivity contribution < 1.29 is 18.9 Å². The zero-order valence-corrected chi connectivity index (χ0v) is 20.6. The second-order valence-corrected chi connectivity index (χ2v) is 7.99. The second kappa shape index (κ2) is 13.4. The summed E-state index contributed by atoms with van der Waals surface area (Å²) in [7, 11) is 6.69. The maximum atomic E-state index is 5.51. The Balaban J connectivity index is 0.00000363. The van der Waals surface area contributed by atoms with Crippen LogP contribution in [0.25, 0.3) is 0 Å². The number of hydrogen-bond acceptors (Lipinski definition) is 6. The SMILES string of the molecule is COc1ccc(CN(CCN2CCCCC2)Cc2ccc(OC)c(OC)c2)cc1OC.Cl. The van der Waals surface area contributed by atoms with Crippen LogP contribution < -0.4 is 18.9 Å². The van der Waals surface area contributed by atoms with E-state index in [1.807, 2.05) is 12.1 Å². The highest BCUT2D eigenvalue weighted by Gasteiger charge is 2.15. The van der Waals surface area contributed by atoms with Gasteiger partial charge in [0.1, 0.15) is 0 Å². The lowest BCUT2D eigenvalue weighted by atomic mass is 10.1. The van der Waals surface area contributed by atoms with Crippen molar-refractivity contribution in [2.24, 2.45) is 0 Å². The summed E-state index contributed by atoms with van der Waals surface area (Å²) >= 11 is 0. The minimum atomic E-state index is 0.